The van der Waals surface area contributed by atoms with Gasteiger partial charge >= 0.3 is 0 Å². The van der Waals surface area contributed by atoms with Crippen molar-refractivity contribution in [3.8, 4) is 0 Å². The Morgan fingerprint density at radius 2 is 2.06 bits per heavy atom. The maximum absolute atomic E-state index is 5.64. The second kappa shape index (κ2) is 5.03. The Hall–Kier alpha value is -1.78. The molecule has 0 aliphatic heterocycles. The molecule has 17 heavy (non-hydrogen) atoms. The molecule has 0 aliphatic carbocycles. The van der Waals surface area contributed by atoms with Crippen LogP contribution in [0.4, 0.5) is 0 Å². The molecule has 0 amide bonds. The van der Waals surface area contributed by atoms with Crippen molar-refractivity contribution in [3.63, 3.8) is 0 Å². The lowest BCUT2D eigenvalue weighted by Crippen LogP contribution is -2.30. The molecular weight excluding hydrogens is 212 g/mol. The number of aryl methyl sites for hydroxylation is 2. The first-order chi connectivity index (χ1) is 8.22. The van der Waals surface area contributed by atoms with Crippen LogP contribution in [-0.4, -0.2) is 9.97 Å². The molecule has 0 bridgehead atoms. The van der Waals surface area contributed by atoms with Gasteiger partial charge in [-0.2, -0.15) is 0 Å². The average molecular weight is 228 g/mol. The van der Waals surface area contributed by atoms with Crippen LogP contribution in [0.2, 0.25) is 0 Å². The molecular formula is C13H16N4. The smallest absolute Gasteiger partial charge is 0.0898 e. The number of nitrogens with zero attached hydrogens (tertiary/aromatic N) is 2. The highest BCUT2D eigenvalue weighted by Gasteiger charge is 2.15. The third-order valence-corrected chi connectivity index (χ3v) is 2.76. The number of rotatable bonds is 3. The van der Waals surface area contributed by atoms with Crippen LogP contribution in [0.1, 0.15) is 28.6 Å². The van der Waals surface area contributed by atoms with E-state index in [1.54, 1.807) is 6.20 Å². The number of hydrogen-bond acceptors (Lipinski definition) is 4. The van der Waals surface area contributed by atoms with Crippen LogP contribution in [0.3, 0.4) is 0 Å². The van der Waals surface area contributed by atoms with Crippen LogP contribution in [0, 0.1) is 13.8 Å². The van der Waals surface area contributed by atoms with Crippen molar-refractivity contribution in [2.24, 2.45) is 5.84 Å². The van der Waals surface area contributed by atoms with E-state index in [2.05, 4.69) is 15.4 Å². The highest BCUT2D eigenvalue weighted by Crippen LogP contribution is 2.21. The molecule has 1 atom stereocenters. The normalized spacial score (nSPS) is 12.4. The summed E-state index contributed by atoms with van der Waals surface area (Å²) in [5.74, 6) is 5.64. The van der Waals surface area contributed by atoms with Crippen molar-refractivity contribution in [3.05, 3.63) is 59.2 Å². The van der Waals surface area contributed by atoms with Crippen LogP contribution in [0.5, 0.6) is 0 Å². The molecule has 2 rings (SSSR count). The summed E-state index contributed by atoms with van der Waals surface area (Å²) in [6, 6.07) is 7.75. The van der Waals surface area contributed by atoms with Crippen molar-refractivity contribution >= 4 is 0 Å². The predicted octanol–water partition coefficient (Wildman–Crippen LogP) is 1.65. The molecule has 2 heterocycles. The Kier molecular flexibility index (Phi) is 3.46. The van der Waals surface area contributed by atoms with Gasteiger partial charge in [-0.25, -0.2) is 5.43 Å². The molecule has 1 unspecified atom stereocenters. The fraction of sp³-hybridized carbons (Fsp3) is 0.231. The molecule has 0 fully saturated rings. The van der Waals surface area contributed by atoms with E-state index in [0.29, 0.717) is 0 Å². The van der Waals surface area contributed by atoms with Gasteiger partial charge in [-0.05, 0) is 43.2 Å². The zero-order valence-electron chi connectivity index (χ0n) is 10.0. The summed E-state index contributed by atoms with van der Waals surface area (Å²) in [5, 5.41) is 0. The van der Waals surface area contributed by atoms with Gasteiger partial charge in [0.25, 0.3) is 0 Å². The number of hydrazine groups is 1. The summed E-state index contributed by atoms with van der Waals surface area (Å²) in [5.41, 5.74) is 6.88. The third-order valence-electron chi connectivity index (χ3n) is 2.76. The zero-order valence-corrected chi connectivity index (χ0v) is 10.0. The summed E-state index contributed by atoms with van der Waals surface area (Å²) in [6.07, 6.45) is 3.60. The Morgan fingerprint density at radius 1 is 1.24 bits per heavy atom. The van der Waals surface area contributed by atoms with E-state index in [-0.39, 0.29) is 6.04 Å². The van der Waals surface area contributed by atoms with E-state index < -0.39 is 0 Å². The number of aromatic nitrogens is 2. The highest BCUT2D eigenvalue weighted by atomic mass is 15.2. The standard InChI is InChI=1S/C13H16N4/c1-9-6-7-15-8-11(9)13(17-14)12-5-3-4-10(2)16-12/h3-8,13,17H,14H2,1-2H3. The summed E-state index contributed by atoms with van der Waals surface area (Å²) in [7, 11) is 0. The monoisotopic (exact) mass is 228 g/mol. The van der Waals surface area contributed by atoms with Gasteiger partial charge in [0.1, 0.15) is 0 Å². The first-order valence-corrected chi connectivity index (χ1v) is 5.52. The molecule has 0 saturated carbocycles. The van der Waals surface area contributed by atoms with Gasteiger partial charge in [-0.15, -0.1) is 0 Å². The van der Waals surface area contributed by atoms with Gasteiger partial charge < -0.3 is 0 Å². The summed E-state index contributed by atoms with van der Waals surface area (Å²) in [4.78, 5) is 8.63. The SMILES string of the molecule is Cc1cccc(C(NN)c2cnccc2C)n1. The van der Waals surface area contributed by atoms with Crippen molar-refractivity contribution in [1.82, 2.24) is 15.4 Å². The van der Waals surface area contributed by atoms with Crippen LogP contribution in [0.25, 0.3) is 0 Å². The van der Waals surface area contributed by atoms with E-state index in [1.165, 1.54) is 0 Å². The molecule has 4 nitrogen and oxygen atoms in total. The molecule has 0 radical (unpaired) electrons. The molecule has 2 aromatic rings. The van der Waals surface area contributed by atoms with Crippen LogP contribution >= 0.6 is 0 Å². The fourth-order valence-corrected chi connectivity index (χ4v) is 1.84. The molecule has 0 aromatic carbocycles. The van der Waals surface area contributed by atoms with Gasteiger partial charge in [0.2, 0.25) is 0 Å². The van der Waals surface area contributed by atoms with Crippen molar-refractivity contribution in [2.45, 2.75) is 19.9 Å². The van der Waals surface area contributed by atoms with Crippen LogP contribution in [0.15, 0.2) is 36.7 Å². The first-order valence-electron chi connectivity index (χ1n) is 5.52. The van der Waals surface area contributed by atoms with Gasteiger partial charge in [0.15, 0.2) is 0 Å². The van der Waals surface area contributed by atoms with Crippen LogP contribution < -0.4 is 11.3 Å². The second-order valence-electron chi connectivity index (χ2n) is 4.04. The Morgan fingerprint density at radius 3 is 2.71 bits per heavy atom. The minimum Gasteiger partial charge on any atom is -0.271 e. The molecule has 0 spiro atoms. The maximum Gasteiger partial charge on any atom is 0.0898 e. The molecule has 4 heteroatoms. The van der Waals surface area contributed by atoms with Crippen molar-refractivity contribution in [1.29, 1.82) is 0 Å². The lowest BCUT2D eigenvalue weighted by atomic mass is 10.0. The summed E-state index contributed by atoms with van der Waals surface area (Å²) in [6.45, 7) is 4.00. The van der Waals surface area contributed by atoms with E-state index >= 15 is 0 Å². The van der Waals surface area contributed by atoms with E-state index in [9.17, 15) is 0 Å². The largest absolute Gasteiger partial charge is 0.271 e. The van der Waals surface area contributed by atoms with Gasteiger partial charge in [-0.1, -0.05) is 6.07 Å². The van der Waals surface area contributed by atoms with E-state index in [1.807, 2.05) is 44.3 Å². The molecule has 0 aliphatic rings. The lowest BCUT2D eigenvalue weighted by Gasteiger charge is -2.17. The van der Waals surface area contributed by atoms with Crippen LogP contribution in [-0.2, 0) is 0 Å². The highest BCUT2D eigenvalue weighted by molar-refractivity contribution is 5.32. The zero-order chi connectivity index (χ0) is 12.3. The molecule has 3 N–H and O–H groups in total. The number of nitrogens with two attached hydrogens (primary N) is 1. The van der Waals surface area contributed by atoms with Gasteiger partial charge in [0.05, 0.1) is 11.7 Å². The van der Waals surface area contributed by atoms with Crippen molar-refractivity contribution in [2.75, 3.05) is 0 Å². The number of pyridine rings is 2. The topological polar surface area (TPSA) is 63.8 Å². The predicted molar refractivity (Wildman–Crippen MR) is 67.1 cm³/mol. The van der Waals surface area contributed by atoms with Gasteiger partial charge in [-0.3, -0.25) is 15.8 Å². The number of hydrogen-bond donors (Lipinski definition) is 2. The lowest BCUT2D eigenvalue weighted by molar-refractivity contribution is 0.614. The first kappa shape index (κ1) is 11.7. The Labute approximate surface area is 101 Å². The molecule has 0 saturated heterocycles. The van der Waals surface area contributed by atoms with E-state index in [0.717, 1.165) is 22.5 Å². The minimum atomic E-state index is -0.122. The fourth-order valence-electron chi connectivity index (χ4n) is 1.84. The maximum atomic E-state index is 5.64. The average Bonchev–Trinajstić information content (AvgIpc) is 2.33. The minimum absolute atomic E-state index is 0.122. The number of nitrogens with one attached hydrogen (secondary N) is 1. The Bertz CT molecular complexity index is 510. The molecule has 88 valence electrons. The summed E-state index contributed by atoms with van der Waals surface area (Å²) < 4.78 is 0. The quantitative estimate of drug-likeness (QED) is 0.619. The van der Waals surface area contributed by atoms with Crippen molar-refractivity contribution < 1.29 is 0 Å². The Balaban J connectivity index is 2.44. The summed E-state index contributed by atoms with van der Waals surface area (Å²) >= 11 is 0. The third kappa shape index (κ3) is 2.49. The molecule has 2 aromatic heterocycles. The van der Waals surface area contributed by atoms with Gasteiger partial charge in [0, 0.05) is 18.1 Å². The van der Waals surface area contributed by atoms with E-state index in [4.69, 9.17) is 5.84 Å². The second-order valence-corrected chi connectivity index (χ2v) is 4.04.